The Bertz CT molecular complexity index is 1470. The van der Waals surface area contributed by atoms with Crippen molar-refractivity contribution in [3.63, 3.8) is 0 Å². The number of allylic oxidation sites excluding steroid dienone is 1. The molecule has 2 N–H and O–H groups in total. The van der Waals surface area contributed by atoms with E-state index in [0.29, 0.717) is 34.6 Å². The summed E-state index contributed by atoms with van der Waals surface area (Å²) in [4.78, 5) is 18.7. The van der Waals surface area contributed by atoms with Gasteiger partial charge in [0.25, 0.3) is 5.91 Å². The number of carbonyl (C=O) groups is 1. The van der Waals surface area contributed by atoms with Crippen LogP contribution in [0.5, 0.6) is 11.5 Å². The highest BCUT2D eigenvalue weighted by atomic mass is 16.5. The number of methoxy groups -OCH3 is 2. The molecule has 0 saturated heterocycles. The largest absolute Gasteiger partial charge is 0.497 e. The lowest BCUT2D eigenvalue weighted by atomic mass is 9.92. The fraction of sp³-hybridized carbons (Fsp3) is 0.241. The summed E-state index contributed by atoms with van der Waals surface area (Å²) in [5.41, 5.74) is 6.02. The van der Waals surface area contributed by atoms with E-state index in [0.717, 1.165) is 22.3 Å². The first-order valence-electron chi connectivity index (χ1n) is 12.0. The van der Waals surface area contributed by atoms with Crippen LogP contribution in [0.1, 0.15) is 43.9 Å². The molecule has 184 valence electrons. The number of rotatable bonds is 6. The van der Waals surface area contributed by atoms with Crippen LogP contribution in [0.15, 0.2) is 78.0 Å². The van der Waals surface area contributed by atoms with Gasteiger partial charge in [-0.2, -0.15) is 0 Å². The van der Waals surface area contributed by atoms with Gasteiger partial charge in [0.1, 0.15) is 11.5 Å². The number of carbonyl (C=O) groups excluding carboxylic acids is 1. The molecule has 0 fully saturated rings. The van der Waals surface area contributed by atoms with E-state index in [1.54, 1.807) is 32.4 Å². The minimum atomic E-state index is -0.362. The van der Waals surface area contributed by atoms with Gasteiger partial charge in [0.15, 0.2) is 0 Å². The van der Waals surface area contributed by atoms with Crippen molar-refractivity contribution in [1.29, 1.82) is 0 Å². The lowest BCUT2D eigenvalue weighted by Gasteiger charge is -2.31. The first-order valence-corrected chi connectivity index (χ1v) is 12.0. The van der Waals surface area contributed by atoms with Gasteiger partial charge in [-0.3, -0.25) is 9.36 Å². The molecule has 0 bridgehead atoms. The minimum absolute atomic E-state index is 0.218. The van der Waals surface area contributed by atoms with E-state index in [-0.39, 0.29) is 11.9 Å². The summed E-state index contributed by atoms with van der Waals surface area (Å²) in [6, 6.07) is 21.4. The van der Waals surface area contributed by atoms with Gasteiger partial charge < -0.3 is 20.1 Å². The summed E-state index contributed by atoms with van der Waals surface area (Å²) in [7, 11) is 3.16. The number of amides is 1. The maximum absolute atomic E-state index is 13.9. The number of nitrogens with one attached hydrogen (secondary N) is 2. The van der Waals surface area contributed by atoms with Gasteiger partial charge in [-0.25, -0.2) is 4.98 Å². The Balaban J connectivity index is 1.62. The van der Waals surface area contributed by atoms with Gasteiger partial charge in [0, 0.05) is 11.8 Å². The van der Waals surface area contributed by atoms with Crippen LogP contribution in [0.4, 0.5) is 11.6 Å². The molecule has 3 aromatic carbocycles. The highest BCUT2D eigenvalue weighted by molar-refractivity contribution is 6.07. The Morgan fingerprint density at radius 3 is 2.47 bits per heavy atom. The number of nitrogens with zero attached hydrogens (tertiary/aromatic N) is 2. The van der Waals surface area contributed by atoms with Crippen molar-refractivity contribution in [2.24, 2.45) is 0 Å². The molecule has 1 atom stereocenters. The summed E-state index contributed by atoms with van der Waals surface area (Å²) in [6.45, 7) is 6.26. The molecule has 0 spiro atoms. The maximum atomic E-state index is 13.9. The zero-order valence-corrected chi connectivity index (χ0v) is 21.1. The van der Waals surface area contributed by atoms with Gasteiger partial charge in [-0.05, 0) is 48.2 Å². The number of fused-ring (bicyclic) bond motifs is 3. The second kappa shape index (κ2) is 9.41. The van der Waals surface area contributed by atoms with Crippen LogP contribution in [-0.2, 0) is 4.79 Å². The lowest BCUT2D eigenvalue weighted by molar-refractivity contribution is -0.113. The van der Waals surface area contributed by atoms with Crippen molar-refractivity contribution >= 4 is 28.6 Å². The molecule has 2 heterocycles. The van der Waals surface area contributed by atoms with E-state index in [1.165, 1.54) is 5.56 Å². The predicted octanol–water partition coefficient (Wildman–Crippen LogP) is 6.10. The van der Waals surface area contributed by atoms with E-state index in [4.69, 9.17) is 14.5 Å². The molecule has 1 aliphatic heterocycles. The van der Waals surface area contributed by atoms with E-state index in [1.807, 2.05) is 31.2 Å². The first-order chi connectivity index (χ1) is 17.4. The summed E-state index contributed by atoms with van der Waals surface area (Å²) in [5, 5.41) is 6.42. The quantitative estimate of drug-likeness (QED) is 0.347. The Morgan fingerprint density at radius 1 is 1.03 bits per heavy atom. The SMILES string of the molecule is COc1ccc(NC(=O)C2=C(C)Nc3nc4ccccc4n3C2c2ccc(C(C)C)cc2)c(OC)c1. The van der Waals surface area contributed by atoms with Crippen molar-refractivity contribution in [2.45, 2.75) is 32.7 Å². The first kappa shape index (κ1) is 23.5. The van der Waals surface area contributed by atoms with Crippen LogP contribution in [-0.4, -0.2) is 29.7 Å². The molecule has 0 saturated carbocycles. The van der Waals surface area contributed by atoms with Crippen molar-refractivity contribution in [3.05, 3.63) is 89.1 Å². The number of aromatic nitrogens is 2. The monoisotopic (exact) mass is 482 g/mol. The van der Waals surface area contributed by atoms with Gasteiger partial charge in [0.2, 0.25) is 5.95 Å². The molecule has 5 rings (SSSR count). The molecule has 36 heavy (non-hydrogen) atoms. The molecule has 7 heteroatoms. The Morgan fingerprint density at radius 2 is 1.78 bits per heavy atom. The van der Waals surface area contributed by atoms with E-state index < -0.39 is 0 Å². The molecule has 7 nitrogen and oxygen atoms in total. The number of hydrogen-bond acceptors (Lipinski definition) is 5. The van der Waals surface area contributed by atoms with E-state index in [2.05, 4.69) is 53.3 Å². The molecule has 0 radical (unpaired) electrons. The number of para-hydroxylation sites is 2. The third kappa shape index (κ3) is 4.06. The number of benzene rings is 3. The second-order valence-corrected chi connectivity index (χ2v) is 9.20. The summed E-state index contributed by atoms with van der Waals surface area (Å²) in [5.74, 6) is 2.09. The smallest absolute Gasteiger partial charge is 0.255 e. The van der Waals surface area contributed by atoms with Crippen LogP contribution in [0.3, 0.4) is 0 Å². The molecule has 1 unspecified atom stereocenters. The standard InChI is InChI=1S/C29H30N4O3/c1-17(2)19-10-12-20(13-11-19)27-26(28(34)31-23-15-14-21(35-4)16-25(23)36-5)18(3)30-29-32-22-8-6-7-9-24(22)33(27)29/h6-17,27H,1-5H3,(H,30,32)(H,31,34). The summed E-state index contributed by atoms with van der Waals surface area (Å²) in [6.07, 6.45) is 0. The third-order valence-corrected chi connectivity index (χ3v) is 6.65. The molecule has 1 aliphatic rings. The summed E-state index contributed by atoms with van der Waals surface area (Å²) >= 11 is 0. The third-order valence-electron chi connectivity index (χ3n) is 6.65. The average molecular weight is 483 g/mol. The second-order valence-electron chi connectivity index (χ2n) is 9.20. The van der Waals surface area contributed by atoms with Crippen LogP contribution in [0, 0.1) is 0 Å². The van der Waals surface area contributed by atoms with Gasteiger partial charge in [-0.15, -0.1) is 0 Å². The van der Waals surface area contributed by atoms with Crippen LogP contribution in [0.25, 0.3) is 11.0 Å². The zero-order chi connectivity index (χ0) is 25.4. The zero-order valence-electron chi connectivity index (χ0n) is 21.1. The Hall–Kier alpha value is -4.26. The van der Waals surface area contributed by atoms with E-state index in [9.17, 15) is 4.79 Å². The minimum Gasteiger partial charge on any atom is -0.497 e. The molecule has 0 aliphatic carbocycles. The predicted molar refractivity (Wildman–Crippen MR) is 143 cm³/mol. The van der Waals surface area contributed by atoms with Gasteiger partial charge in [0.05, 0.1) is 42.6 Å². The lowest BCUT2D eigenvalue weighted by Crippen LogP contribution is -2.31. The van der Waals surface area contributed by atoms with Crippen LogP contribution < -0.4 is 20.1 Å². The fourth-order valence-corrected chi connectivity index (χ4v) is 4.73. The summed E-state index contributed by atoms with van der Waals surface area (Å²) < 4.78 is 12.9. The number of imidazole rings is 1. The van der Waals surface area contributed by atoms with Crippen LogP contribution in [0.2, 0.25) is 0 Å². The van der Waals surface area contributed by atoms with Crippen molar-refractivity contribution in [3.8, 4) is 11.5 Å². The Labute approximate surface area is 210 Å². The fourth-order valence-electron chi connectivity index (χ4n) is 4.73. The number of anilines is 2. The maximum Gasteiger partial charge on any atom is 0.255 e. The van der Waals surface area contributed by atoms with Gasteiger partial charge in [-0.1, -0.05) is 50.2 Å². The topological polar surface area (TPSA) is 77.4 Å². The van der Waals surface area contributed by atoms with Gasteiger partial charge >= 0.3 is 0 Å². The number of ether oxygens (including phenoxy) is 2. The van der Waals surface area contributed by atoms with E-state index >= 15 is 0 Å². The highest BCUT2D eigenvalue weighted by Crippen LogP contribution is 2.40. The molecule has 4 aromatic rings. The van der Waals surface area contributed by atoms with Crippen molar-refractivity contribution in [1.82, 2.24) is 9.55 Å². The molecular weight excluding hydrogens is 452 g/mol. The highest BCUT2D eigenvalue weighted by Gasteiger charge is 2.34. The molecule has 1 amide bonds. The normalized spacial score (nSPS) is 15.0. The average Bonchev–Trinajstić information content (AvgIpc) is 3.25. The van der Waals surface area contributed by atoms with Crippen molar-refractivity contribution < 1.29 is 14.3 Å². The Kier molecular flexibility index (Phi) is 6.14. The molecule has 1 aromatic heterocycles. The number of hydrogen-bond donors (Lipinski definition) is 2. The molecular formula is C29H30N4O3. The van der Waals surface area contributed by atoms with Crippen molar-refractivity contribution in [2.75, 3.05) is 24.9 Å². The van der Waals surface area contributed by atoms with Crippen LogP contribution >= 0.6 is 0 Å².